The molecule has 0 N–H and O–H groups in total. The number of alkyl halides is 1. The van der Waals surface area contributed by atoms with Crippen LogP contribution < -0.4 is 0 Å². The lowest BCUT2D eigenvalue weighted by Gasteiger charge is -1.84. The van der Waals surface area contributed by atoms with Crippen LogP contribution >= 0.6 is 0 Å². The van der Waals surface area contributed by atoms with Crippen LogP contribution in [0.4, 0.5) is 4.39 Å². The van der Waals surface area contributed by atoms with E-state index in [1.807, 2.05) is 26.0 Å². The lowest BCUT2D eigenvalue weighted by molar-refractivity contribution is 0.560. The lowest BCUT2D eigenvalue weighted by Crippen LogP contribution is -1.68. The highest BCUT2D eigenvalue weighted by molar-refractivity contribution is 5.14. The Labute approximate surface area is 49.7 Å². The number of allylic oxidation sites excluding steroid dienone is 4. The molecule has 0 saturated carbocycles. The van der Waals surface area contributed by atoms with Gasteiger partial charge in [0.25, 0.3) is 0 Å². The molecule has 0 heterocycles. The van der Waals surface area contributed by atoms with Crippen molar-refractivity contribution in [1.29, 1.82) is 0 Å². The van der Waals surface area contributed by atoms with E-state index in [4.69, 9.17) is 0 Å². The summed E-state index contributed by atoms with van der Waals surface area (Å²) in [6.45, 7) is 3.42. The van der Waals surface area contributed by atoms with E-state index in [1.54, 1.807) is 6.08 Å². The zero-order valence-corrected chi connectivity index (χ0v) is 5.32. The van der Waals surface area contributed by atoms with Crippen LogP contribution in [0.2, 0.25) is 0 Å². The predicted octanol–water partition coefficient (Wildman–Crippen LogP) is 2.48. The summed E-state index contributed by atoms with van der Waals surface area (Å²) in [5.74, 6) is 0. The summed E-state index contributed by atoms with van der Waals surface area (Å²) in [6, 6.07) is 0. The second kappa shape index (κ2) is 4.57. The van der Waals surface area contributed by atoms with E-state index in [-0.39, 0.29) is 6.67 Å². The zero-order valence-electron chi connectivity index (χ0n) is 5.32. The fourth-order valence-electron chi connectivity index (χ4n) is 0.453. The Morgan fingerprint density at radius 3 is 2.62 bits per heavy atom. The van der Waals surface area contributed by atoms with Gasteiger partial charge in [-0.3, -0.25) is 0 Å². The van der Waals surface area contributed by atoms with Gasteiger partial charge in [0.15, 0.2) is 0 Å². The minimum atomic E-state index is -0.365. The maximum Gasteiger partial charge on any atom is 0.108 e. The summed E-state index contributed by atoms with van der Waals surface area (Å²) in [5.41, 5.74) is 0.981. The summed E-state index contributed by atoms with van der Waals surface area (Å²) < 4.78 is 11.5. The van der Waals surface area contributed by atoms with Gasteiger partial charge in [-0.2, -0.15) is 0 Å². The summed E-state index contributed by atoms with van der Waals surface area (Å²) in [7, 11) is 0. The van der Waals surface area contributed by atoms with Crippen LogP contribution in [0.25, 0.3) is 0 Å². The van der Waals surface area contributed by atoms with Gasteiger partial charge < -0.3 is 0 Å². The molecule has 0 aliphatic rings. The van der Waals surface area contributed by atoms with Crippen molar-refractivity contribution in [1.82, 2.24) is 0 Å². The van der Waals surface area contributed by atoms with Gasteiger partial charge in [0.05, 0.1) is 0 Å². The molecule has 0 rings (SSSR count). The van der Waals surface area contributed by atoms with Crippen molar-refractivity contribution in [2.75, 3.05) is 6.67 Å². The first kappa shape index (κ1) is 7.41. The fourth-order valence-corrected chi connectivity index (χ4v) is 0.453. The van der Waals surface area contributed by atoms with Crippen LogP contribution in [0.1, 0.15) is 13.8 Å². The van der Waals surface area contributed by atoms with Gasteiger partial charge >= 0.3 is 0 Å². The highest BCUT2D eigenvalue weighted by atomic mass is 19.1. The smallest absolute Gasteiger partial charge is 0.108 e. The fraction of sp³-hybridized carbons (Fsp3) is 0.429. The topological polar surface area (TPSA) is 0 Å². The van der Waals surface area contributed by atoms with Crippen LogP contribution in [0, 0.1) is 0 Å². The largest absolute Gasteiger partial charge is 0.247 e. The molecule has 0 fully saturated rings. The second-order valence-electron chi connectivity index (χ2n) is 1.60. The Hall–Kier alpha value is -0.590. The molecule has 0 aliphatic carbocycles. The molecule has 0 aromatic carbocycles. The molecule has 0 bridgehead atoms. The van der Waals surface area contributed by atoms with Gasteiger partial charge in [-0.15, -0.1) is 0 Å². The quantitative estimate of drug-likeness (QED) is 0.484. The monoisotopic (exact) mass is 114 g/mol. The molecule has 1 heteroatoms. The van der Waals surface area contributed by atoms with E-state index >= 15 is 0 Å². The van der Waals surface area contributed by atoms with Crippen LogP contribution in [-0.2, 0) is 0 Å². The second-order valence-corrected chi connectivity index (χ2v) is 1.60. The molecule has 0 aromatic heterocycles. The minimum Gasteiger partial charge on any atom is -0.247 e. The Morgan fingerprint density at radius 1 is 1.62 bits per heavy atom. The Kier molecular flexibility index (Phi) is 4.23. The van der Waals surface area contributed by atoms with Crippen molar-refractivity contribution in [3.8, 4) is 0 Å². The van der Waals surface area contributed by atoms with Gasteiger partial charge in [0, 0.05) is 0 Å². The van der Waals surface area contributed by atoms with Crippen LogP contribution in [-0.4, -0.2) is 6.67 Å². The first-order valence-corrected chi connectivity index (χ1v) is 2.66. The van der Waals surface area contributed by atoms with E-state index in [9.17, 15) is 4.39 Å². The maximum absolute atomic E-state index is 11.5. The van der Waals surface area contributed by atoms with Gasteiger partial charge in [-0.1, -0.05) is 23.8 Å². The molecule has 8 heavy (non-hydrogen) atoms. The summed E-state index contributed by atoms with van der Waals surface area (Å²) in [4.78, 5) is 0. The van der Waals surface area contributed by atoms with Gasteiger partial charge in [0.2, 0.25) is 0 Å². The van der Waals surface area contributed by atoms with E-state index in [1.165, 1.54) is 0 Å². The molecule has 0 unspecified atom stereocenters. The van der Waals surface area contributed by atoms with Crippen molar-refractivity contribution in [3.63, 3.8) is 0 Å². The number of rotatable bonds is 2. The van der Waals surface area contributed by atoms with Crippen LogP contribution in [0.5, 0.6) is 0 Å². The molecular weight excluding hydrogens is 103 g/mol. The Balaban J connectivity index is 3.61. The average Bonchev–Trinajstić information content (AvgIpc) is 1.68. The molecule has 0 amide bonds. The summed E-state index contributed by atoms with van der Waals surface area (Å²) in [6.07, 6.45) is 5.31. The first-order valence-electron chi connectivity index (χ1n) is 2.66. The number of hydrogen-bond donors (Lipinski definition) is 0. The standard InChI is InChI=1S/C7H11F/c1-3-4-7(2)5-6-8/h3-5H,6H2,1-2H3. The molecule has 0 aromatic rings. The van der Waals surface area contributed by atoms with Crippen molar-refractivity contribution >= 4 is 0 Å². The van der Waals surface area contributed by atoms with Crippen molar-refractivity contribution in [2.24, 2.45) is 0 Å². The molecule has 0 atom stereocenters. The van der Waals surface area contributed by atoms with Crippen LogP contribution in [0.3, 0.4) is 0 Å². The molecule has 0 saturated heterocycles. The van der Waals surface area contributed by atoms with Gasteiger partial charge in [-0.05, 0) is 13.8 Å². The molecule has 46 valence electrons. The van der Waals surface area contributed by atoms with Gasteiger partial charge in [-0.25, -0.2) is 4.39 Å². The highest BCUT2D eigenvalue weighted by Crippen LogP contribution is 1.92. The SMILES string of the molecule is CC=CC(C)=CCF. The number of halogens is 1. The Morgan fingerprint density at radius 2 is 2.25 bits per heavy atom. The lowest BCUT2D eigenvalue weighted by atomic mass is 10.3. The van der Waals surface area contributed by atoms with Crippen LogP contribution in [0.15, 0.2) is 23.8 Å². The van der Waals surface area contributed by atoms with Gasteiger partial charge in [0.1, 0.15) is 6.67 Å². The third kappa shape index (κ3) is 3.59. The molecule has 0 radical (unpaired) electrons. The van der Waals surface area contributed by atoms with E-state index < -0.39 is 0 Å². The molecule has 0 aliphatic heterocycles. The number of hydrogen-bond acceptors (Lipinski definition) is 0. The first-order chi connectivity index (χ1) is 3.81. The Bertz CT molecular complexity index is 101. The maximum atomic E-state index is 11.5. The van der Waals surface area contributed by atoms with E-state index in [0.29, 0.717) is 0 Å². The molecular formula is C7H11F. The normalized spacial score (nSPS) is 13.1. The third-order valence-electron chi connectivity index (χ3n) is 0.829. The molecule has 0 nitrogen and oxygen atoms in total. The minimum absolute atomic E-state index is 0.365. The summed E-state index contributed by atoms with van der Waals surface area (Å²) in [5, 5.41) is 0. The summed E-state index contributed by atoms with van der Waals surface area (Å²) >= 11 is 0. The molecule has 0 spiro atoms. The van der Waals surface area contributed by atoms with Crippen molar-refractivity contribution in [3.05, 3.63) is 23.8 Å². The highest BCUT2D eigenvalue weighted by Gasteiger charge is 1.75. The average molecular weight is 114 g/mol. The predicted molar refractivity (Wildman–Crippen MR) is 34.5 cm³/mol. The zero-order chi connectivity index (χ0) is 6.41. The third-order valence-corrected chi connectivity index (χ3v) is 0.829. The van der Waals surface area contributed by atoms with Crippen molar-refractivity contribution in [2.45, 2.75) is 13.8 Å². The van der Waals surface area contributed by atoms with Crippen molar-refractivity contribution < 1.29 is 4.39 Å². The van der Waals surface area contributed by atoms with E-state index in [2.05, 4.69) is 0 Å². The van der Waals surface area contributed by atoms with E-state index in [0.717, 1.165) is 5.57 Å².